The molecule has 0 aromatic rings. The molecule has 152 valence electrons. The number of ether oxygens (including phenoxy) is 1. The normalized spacial score (nSPS) is 23.1. The van der Waals surface area contributed by atoms with Crippen molar-refractivity contribution in [3.8, 4) is 0 Å². The molecule has 2 atom stereocenters. The highest BCUT2D eigenvalue weighted by molar-refractivity contribution is 6.34. The van der Waals surface area contributed by atoms with E-state index in [4.69, 9.17) is 4.74 Å². The molecular weight excluding hydrogens is 356 g/mol. The van der Waals surface area contributed by atoms with E-state index >= 15 is 0 Å². The van der Waals surface area contributed by atoms with Gasteiger partial charge >= 0.3 is 5.97 Å². The molecule has 28 heavy (non-hydrogen) atoms. The fourth-order valence-electron chi connectivity index (χ4n) is 4.08. The van der Waals surface area contributed by atoms with E-state index in [0.29, 0.717) is 6.42 Å². The Morgan fingerprint density at radius 1 is 1.29 bits per heavy atom. The summed E-state index contributed by atoms with van der Waals surface area (Å²) in [4.78, 5) is 38.6. The Morgan fingerprint density at radius 3 is 2.54 bits per heavy atom. The van der Waals surface area contributed by atoms with E-state index in [2.05, 4.69) is 6.58 Å². The van der Waals surface area contributed by atoms with E-state index < -0.39 is 29.2 Å². The van der Waals surface area contributed by atoms with Crippen molar-refractivity contribution in [1.82, 2.24) is 0 Å². The number of aliphatic hydroxyl groups excluding tert-OH is 1. The number of unbranched alkanes of at least 4 members (excludes halogenated alkanes) is 2. The Kier molecular flexibility index (Phi) is 7.17. The molecular formula is C23H30O5. The summed E-state index contributed by atoms with van der Waals surface area (Å²) in [6, 6.07) is 0. The second-order valence-electron chi connectivity index (χ2n) is 7.75. The topological polar surface area (TPSA) is 80.7 Å². The number of ketones is 2. The van der Waals surface area contributed by atoms with Crippen molar-refractivity contribution < 1.29 is 24.2 Å². The van der Waals surface area contributed by atoms with Gasteiger partial charge in [-0.1, -0.05) is 43.6 Å². The van der Waals surface area contributed by atoms with Crippen LogP contribution in [0.5, 0.6) is 0 Å². The number of hydrogen-bond acceptors (Lipinski definition) is 5. The first kappa shape index (κ1) is 21.9. The molecule has 2 aliphatic carbocycles. The SMILES string of the molecule is C=C(C)C1CCC(C)=C[C@H]1C1=C(O)C(=O)C(CCCCC)=C(C(=O)OC)C1=O. The van der Waals surface area contributed by atoms with E-state index in [1.54, 1.807) is 0 Å². The van der Waals surface area contributed by atoms with E-state index in [9.17, 15) is 19.5 Å². The van der Waals surface area contributed by atoms with E-state index in [1.165, 1.54) is 7.11 Å². The number of carbonyl (C=O) groups is 3. The summed E-state index contributed by atoms with van der Waals surface area (Å²) in [5.74, 6) is -3.14. The predicted molar refractivity (Wildman–Crippen MR) is 108 cm³/mol. The Labute approximate surface area is 166 Å². The van der Waals surface area contributed by atoms with Crippen LogP contribution in [0.25, 0.3) is 0 Å². The zero-order valence-electron chi connectivity index (χ0n) is 17.3. The Hall–Kier alpha value is -2.43. The molecule has 0 radical (unpaired) electrons. The number of allylic oxidation sites excluding steroid dienone is 5. The first-order chi connectivity index (χ1) is 13.2. The zero-order chi connectivity index (χ0) is 21.0. The van der Waals surface area contributed by atoms with Crippen LogP contribution in [-0.4, -0.2) is 29.8 Å². The Morgan fingerprint density at radius 2 is 1.96 bits per heavy atom. The summed E-state index contributed by atoms with van der Waals surface area (Å²) in [5.41, 5.74) is 1.80. The number of carbonyl (C=O) groups excluding carboxylic acids is 3. The van der Waals surface area contributed by atoms with Gasteiger partial charge in [-0.05, 0) is 45.4 Å². The molecule has 0 heterocycles. The molecule has 5 heteroatoms. The minimum absolute atomic E-state index is 0.00306. The van der Waals surface area contributed by atoms with Gasteiger partial charge < -0.3 is 9.84 Å². The van der Waals surface area contributed by atoms with Crippen LogP contribution < -0.4 is 0 Å². The number of hydrogen-bond donors (Lipinski definition) is 1. The average Bonchev–Trinajstić information content (AvgIpc) is 2.65. The third-order valence-electron chi connectivity index (χ3n) is 5.65. The maximum absolute atomic E-state index is 13.3. The van der Waals surface area contributed by atoms with Gasteiger partial charge in [-0.3, -0.25) is 9.59 Å². The summed E-state index contributed by atoms with van der Waals surface area (Å²) in [5, 5.41) is 10.7. The Bertz CT molecular complexity index is 794. The summed E-state index contributed by atoms with van der Waals surface area (Å²) < 4.78 is 4.80. The number of esters is 1. The highest BCUT2D eigenvalue weighted by atomic mass is 16.5. The second kappa shape index (κ2) is 9.18. The molecule has 0 spiro atoms. The molecule has 0 aliphatic heterocycles. The van der Waals surface area contributed by atoms with Gasteiger partial charge in [-0.2, -0.15) is 0 Å². The van der Waals surface area contributed by atoms with Gasteiger partial charge in [0.2, 0.25) is 11.6 Å². The Balaban J connectivity index is 2.57. The summed E-state index contributed by atoms with van der Waals surface area (Å²) >= 11 is 0. The minimum atomic E-state index is -0.821. The molecule has 1 N–H and O–H groups in total. The molecule has 0 fully saturated rings. The fraction of sp³-hybridized carbons (Fsp3) is 0.522. The molecule has 2 rings (SSSR count). The average molecular weight is 386 g/mol. The van der Waals surface area contributed by atoms with Gasteiger partial charge in [-0.15, -0.1) is 0 Å². The molecule has 5 nitrogen and oxygen atoms in total. The zero-order valence-corrected chi connectivity index (χ0v) is 17.3. The maximum atomic E-state index is 13.3. The van der Waals surface area contributed by atoms with Crippen molar-refractivity contribution >= 4 is 17.5 Å². The third kappa shape index (κ3) is 4.18. The largest absolute Gasteiger partial charge is 0.504 e. The van der Waals surface area contributed by atoms with E-state index in [-0.39, 0.29) is 29.1 Å². The fourth-order valence-corrected chi connectivity index (χ4v) is 4.08. The van der Waals surface area contributed by atoms with Crippen LogP contribution in [0.1, 0.15) is 59.3 Å². The predicted octanol–water partition coefficient (Wildman–Crippen LogP) is 4.55. The molecule has 0 amide bonds. The molecule has 0 aromatic heterocycles. The van der Waals surface area contributed by atoms with Crippen LogP contribution in [0.15, 0.2) is 46.3 Å². The summed E-state index contributed by atoms with van der Waals surface area (Å²) in [6.45, 7) is 9.88. The lowest BCUT2D eigenvalue weighted by Crippen LogP contribution is -2.34. The molecule has 2 aliphatic rings. The lowest BCUT2D eigenvalue weighted by molar-refractivity contribution is -0.138. The van der Waals surface area contributed by atoms with Crippen LogP contribution >= 0.6 is 0 Å². The van der Waals surface area contributed by atoms with Crippen molar-refractivity contribution in [3.63, 3.8) is 0 Å². The quantitative estimate of drug-likeness (QED) is 0.228. The van der Waals surface area contributed by atoms with Crippen molar-refractivity contribution in [2.45, 2.75) is 59.3 Å². The summed E-state index contributed by atoms with van der Waals surface area (Å²) in [7, 11) is 1.19. The number of rotatable bonds is 7. The summed E-state index contributed by atoms with van der Waals surface area (Å²) in [6.07, 6.45) is 6.28. The van der Waals surface area contributed by atoms with Crippen molar-refractivity contribution in [3.05, 3.63) is 46.3 Å². The van der Waals surface area contributed by atoms with Crippen LogP contribution in [0, 0.1) is 11.8 Å². The second-order valence-corrected chi connectivity index (χ2v) is 7.75. The number of methoxy groups -OCH3 is 1. The van der Waals surface area contributed by atoms with Gasteiger partial charge in [0.25, 0.3) is 0 Å². The standard InChI is InChI=1S/C23H30O5/c1-6-7-8-9-16-19(23(27)28-5)21(25)18(22(26)20(16)24)17-12-14(4)10-11-15(17)13(2)3/h12,15,17,26H,2,6-11H2,1,3-5H3/t15?,17-/m1/s1. The van der Waals surface area contributed by atoms with Gasteiger partial charge in [0, 0.05) is 11.5 Å². The number of aliphatic hydroxyl groups is 1. The molecule has 0 saturated heterocycles. The molecule has 0 aromatic carbocycles. The number of Topliss-reactive ketones (excluding diaryl/α,β-unsaturated/α-hetero) is 2. The van der Waals surface area contributed by atoms with Gasteiger partial charge in [-0.25, -0.2) is 4.79 Å². The first-order valence-electron chi connectivity index (χ1n) is 9.91. The first-order valence-corrected chi connectivity index (χ1v) is 9.91. The maximum Gasteiger partial charge on any atom is 0.342 e. The van der Waals surface area contributed by atoms with E-state index in [0.717, 1.165) is 36.8 Å². The van der Waals surface area contributed by atoms with Crippen LogP contribution in [0.2, 0.25) is 0 Å². The third-order valence-corrected chi connectivity index (χ3v) is 5.65. The highest BCUT2D eigenvalue weighted by Gasteiger charge is 2.43. The monoisotopic (exact) mass is 386 g/mol. The molecule has 0 bridgehead atoms. The lowest BCUT2D eigenvalue weighted by atomic mass is 9.70. The minimum Gasteiger partial charge on any atom is -0.504 e. The van der Waals surface area contributed by atoms with Crippen molar-refractivity contribution in [1.29, 1.82) is 0 Å². The van der Waals surface area contributed by atoms with Crippen LogP contribution in [0.4, 0.5) is 0 Å². The smallest absolute Gasteiger partial charge is 0.342 e. The van der Waals surface area contributed by atoms with Gasteiger partial charge in [0.15, 0.2) is 5.76 Å². The highest BCUT2D eigenvalue weighted by Crippen LogP contribution is 2.42. The van der Waals surface area contributed by atoms with Gasteiger partial charge in [0.1, 0.15) is 5.57 Å². The van der Waals surface area contributed by atoms with Crippen LogP contribution in [-0.2, 0) is 19.1 Å². The van der Waals surface area contributed by atoms with Crippen molar-refractivity contribution in [2.24, 2.45) is 11.8 Å². The lowest BCUT2D eigenvalue weighted by Gasteiger charge is -2.33. The molecule has 1 unspecified atom stereocenters. The van der Waals surface area contributed by atoms with Crippen molar-refractivity contribution in [2.75, 3.05) is 7.11 Å². The van der Waals surface area contributed by atoms with Gasteiger partial charge in [0.05, 0.1) is 12.7 Å². The molecule has 0 saturated carbocycles. The van der Waals surface area contributed by atoms with Crippen LogP contribution in [0.3, 0.4) is 0 Å². The van der Waals surface area contributed by atoms with E-state index in [1.807, 2.05) is 26.8 Å².